The number of carbonyl (C=O) groups is 1. The highest BCUT2D eigenvalue weighted by Crippen LogP contribution is 2.28. The van der Waals surface area contributed by atoms with E-state index in [2.05, 4.69) is 0 Å². The van der Waals surface area contributed by atoms with E-state index in [9.17, 15) is 18.3 Å². The van der Waals surface area contributed by atoms with Crippen LogP contribution in [-0.4, -0.2) is 36.1 Å². The second-order valence-electron chi connectivity index (χ2n) is 8.91. The Hall–Kier alpha value is -2.91. The van der Waals surface area contributed by atoms with Crippen molar-refractivity contribution in [3.8, 4) is 16.9 Å². The Labute approximate surface area is 217 Å². The van der Waals surface area contributed by atoms with Gasteiger partial charge in [0, 0.05) is 5.02 Å². The van der Waals surface area contributed by atoms with E-state index in [4.69, 9.17) is 21.2 Å². The topological polar surface area (TPSA) is 93.1 Å². The van der Waals surface area contributed by atoms with E-state index in [0.29, 0.717) is 21.8 Å². The number of hydrogen-bond acceptors (Lipinski definition) is 5. The Bertz CT molecular complexity index is 1260. The molecule has 0 saturated carbocycles. The molecule has 192 valence electrons. The van der Waals surface area contributed by atoms with Crippen LogP contribution in [0.1, 0.15) is 33.3 Å². The standard InChI is InChI=1S/C27H30ClNO6S/c1-18(2)26(27(30)31)29(35-19(3)4)36(32,33)25-15-9-22(10-16-25)21-7-13-24(14-8-21)34-17-20-5-11-23(28)12-6-20/h5-16,18-19,26H,17H2,1-4H3,(H,30,31)/t26-/m1/s1. The summed E-state index contributed by atoms with van der Waals surface area (Å²) in [4.78, 5) is 17.3. The molecule has 0 unspecified atom stereocenters. The first-order valence-corrected chi connectivity index (χ1v) is 13.3. The summed E-state index contributed by atoms with van der Waals surface area (Å²) < 4.78 is 33.1. The zero-order valence-corrected chi connectivity index (χ0v) is 22.2. The minimum absolute atomic E-state index is 0.0540. The minimum Gasteiger partial charge on any atom is -0.489 e. The molecule has 3 aromatic carbocycles. The molecule has 3 rings (SSSR count). The van der Waals surface area contributed by atoms with Crippen LogP contribution in [-0.2, 0) is 26.3 Å². The van der Waals surface area contributed by atoms with Crippen LogP contribution in [0.4, 0.5) is 0 Å². The number of halogens is 1. The van der Waals surface area contributed by atoms with Gasteiger partial charge in [0.1, 0.15) is 12.4 Å². The van der Waals surface area contributed by atoms with E-state index in [0.717, 1.165) is 16.7 Å². The second-order valence-corrected chi connectivity index (χ2v) is 11.1. The van der Waals surface area contributed by atoms with E-state index in [1.807, 2.05) is 48.5 Å². The maximum Gasteiger partial charge on any atom is 0.324 e. The van der Waals surface area contributed by atoms with E-state index < -0.39 is 34.1 Å². The molecule has 1 N–H and O–H groups in total. The van der Waals surface area contributed by atoms with Crippen LogP contribution in [0.15, 0.2) is 77.7 Å². The third-order valence-corrected chi connectivity index (χ3v) is 7.23. The fourth-order valence-corrected chi connectivity index (χ4v) is 5.24. The number of hydroxylamine groups is 1. The fourth-order valence-electron chi connectivity index (χ4n) is 3.51. The summed E-state index contributed by atoms with van der Waals surface area (Å²) in [6, 6.07) is 19.8. The zero-order valence-electron chi connectivity index (χ0n) is 20.6. The molecule has 0 bridgehead atoms. The van der Waals surface area contributed by atoms with E-state index >= 15 is 0 Å². The predicted octanol–water partition coefficient (Wildman–Crippen LogP) is 6.03. The lowest BCUT2D eigenvalue weighted by Crippen LogP contribution is -2.48. The fraction of sp³-hybridized carbons (Fsp3) is 0.296. The molecule has 0 aliphatic rings. The molecule has 36 heavy (non-hydrogen) atoms. The van der Waals surface area contributed by atoms with Crippen molar-refractivity contribution in [2.75, 3.05) is 0 Å². The number of ether oxygens (including phenoxy) is 1. The van der Waals surface area contributed by atoms with Gasteiger partial charge in [0.05, 0.1) is 11.0 Å². The third-order valence-electron chi connectivity index (χ3n) is 5.32. The van der Waals surface area contributed by atoms with Crippen LogP contribution in [0.5, 0.6) is 5.75 Å². The summed E-state index contributed by atoms with van der Waals surface area (Å²) in [5.74, 6) is -1.08. The molecule has 7 nitrogen and oxygen atoms in total. The van der Waals surface area contributed by atoms with Crippen molar-refractivity contribution >= 4 is 27.6 Å². The van der Waals surface area contributed by atoms with Gasteiger partial charge < -0.3 is 9.84 Å². The van der Waals surface area contributed by atoms with Gasteiger partial charge in [-0.1, -0.05) is 66.3 Å². The molecule has 0 aromatic heterocycles. The largest absolute Gasteiger partial charge is 0.489 e. The van der Waals surface area contributed by atoms with E-state index in [1.54, 1.807) is 39.8 Å². The summed E-state index contributed by atoms with van der Waals surface area (Å²) in [5, 5.41) is 10.3. The quantitative estimate of drug-likeness (QED) is 0.304. The highest BCUT2D eigenvalue weighted by Gasteiger charge is 2.40. The van der Waals surface area contributed by atoms with Gasteiger partial charge in [0.15, 0.2) is 6.04 Å². The summed E-state index contributed by atoms with van der Waals surface area (Å²) in [6.45, 7) is 6.97. The van der Waals surface area contributed by atoms with Crippen molar-refractivity contribution in [3.05, 3.63) is 83.4 Å². The number of hydrogen-bond donors (Lipinski definition) is 1. The molecule has 9 heteroatoms. The number of carboxylic acids is 1. The first-order valence-electron chi connectivity index (χ1n) is 11.5. The first-order chi connectivity index (χ1) is 17.0. The average Bonchev–Trinajstić information content (AvgIpc) is 2.83. The van der Waals surface area contributed by atoms with Gasteiger partial charge >= 0.3 is 5.97 Å². The first kappa shape index (κ1) is 27.7. The lowest BCUT2D eigenvalue weighted by Gasteiger charge is -2.30. The Balaban J connectivity index is 1.77. The highest BCUT2D eigenvalue weighted by molar-refractivity contribution is 7.89. The maximum atomic E-state index is 13.3. The lowest BCUT2D eigenvalue weighted by molar-refractivity contribution is -0.177. The normalized spacial score (nSPS) is 12.8. The van der Waals surface area contributed by atoms with Crippen molar-refractivity contribution in [1.29, 1.82) is 0 Å². The molecule has 3 aromatic rings. The molecule has 0 radical (unpaired) electrons. The number of aliphatic carboxylic acids is 1. The minimum atomic E-state index is -4.23. The average molecular weight is 532 g/mol. The lowest BCUT2D eigenvalue weighted by atomic mass is 10.1. The molecule has 0 spiro atoms. The zero-order chi connectivity index (χ0) is 26.5. The van der Waals surface area contributed by atoms with E-state index in [1.165, 1.54) is 12.1 Å². The molecule has 1 atom stereocenters. The molecular weight excluding hydrogens is 502 g/mol. The Morgan fingerprint density at radius 2 is 1.42 bits per heavy atom. The highest BCUT2D eigenvalue weighted by atomic mass is 35.5. The molecular formula is C27H30ClNO6S. The van der Waals surface area contributed by atoms with Crippen molar-refractivity contribution in [1.82, 2.24) is 4.47 Å². The third kappa shape index (κ3) is 6.85. The van der Waals surface area contributed by atoms with Crippen LogP contribution in [0.2, 0.25) is 5.02 Å². The molecule has 0 heterocycles. The van der Waals surface area contributed by atoms with Gasteiger partial charge in [-0.3, -0.25) is 9.63 Å². The maximum absolute atomic E-state index is 13.3. The molecule has 0 fully saturated rings. The van der Waals surface area contributed by atoms with Crippen molar-refractivity contribution in [3.63, 3.8) is 0 Å². The van der Waals surface area contributed by atoms with Gasteiger partial charge in [-0.15, -0.1) is 0 Å². The van der Waals surface area contributed by atoms with Crippen LogP contribution < -0.4 is 4.74 Å². The second kappa shape index (κ2) is 11.9. The smallest absolute Gasteiger partial charge is 0.324 e. The molecule has 0 aliphatic heterocycles. The van der Waals surface area contributed by atoms with Gasteiger partial charge in [-0.05, 0) is 72.9 Å². The number of carboxylic acid groups (broad SMARTS) is 1. The van der Waals surface area contributed by atoms with Crippen molar-refractivity contribution in [2.24, 2.45) is 5.92 Å². The van der Waals surface area contributed by atoms with E-state index in [-0.39, 0.29) is 4.90 Å². The molecule has 0 aliphatic carbocycles. The number of nitrogens with zero attached hydrogens (tertiary/aromatic N) is 1. The Kier molecular flexibility index (Phi) is 9.13. The van der Waals surface area contributed by atoms with Gasteiger partial charge in [-0.2, -0.15) is 0 Å². The SMILES string of the molecule is CC(C)ON([C@@H](C(=O)O)C(C)C)S(=O)(=O)c1ccc(-c2ccc(OCc3ccc(Cl)cc3)cc2)cc1. The summed E-state index contributed by atoms with van der Waals surface area (Å²) in [5.41, 5.74) is 2.67. The van der Waals surface area contributed by atoms with Crippen LogP contribution in [0.3, 0.4) is 0 Å². The van der Waals surface area contributed by atoms with Gasteiger partial charge in [0.2, 0.25) is 0 Å². The molecule has 0 saturated heterocycles. The summed E-state index contributed by atoms with van der Waals surface area (Å²) >= 11 is 5.91. The predicted molar refractivity (Wildman–Crippen MR) is 139 cm³/mol. The summed E-state index contributed by atoms with van der Waals surface area (Å²) in [7, 11) is -4.23. The van der Waals surface area contributed by atoms with Crippen molar-refractivity contribution < 1.29 is 27.9 Å². The van der Waals surface area contributed by atoms with Gasteiger partial charge in [-0.25, -0.2) is 8.42 Å². The monoisotopic (exact) mass is 531 g/mol. The van der Waals surface area contributed by atoms with Crippen LogP contribution >= 0.6 is 11.6 Å². The summed E-state index contributed by atoms with van der Waals surface area (Å²) in [6.07, 6.45) is -0.528. The Morgan fingerprint density at radius 1 is 0.889 bits per heavy atom. The van der Waals surface area contributed by atoms with Gasteiger partial charge in [0.25, 0.3) is 10.0 Å². The van der Waals surface area contributed by atoms with Crippen LogP contribution in [0, 0.1) is 5.92 Å². The number of sulfonamides is 1. The van der Waals surface area contributed by atoms with Crippen LogP contribution in [0.25, 0.3) is 11.1 Å². The Morgan fingerprint density at radius 3 is 1.89 bits per heavy atom. The van der Waals surface area contributed by atoms with Crippen molar-refractivity contribution in [2.45, 2.75) is 51.3 Å². The molecule has 0 amide bonds. The number of rotatable bonds is 11. The number of benzene rings is 3.